The molecule has 2 atom stereocenters. The molecule has 1 saturated carbocycles. The Labute approximate surface area is 114 Å². The third-order valence-electron chi connectivity index (χ3n) is 3.63. The van der Waals surface area contributed by atoms with Gasteiger partial charge in [-0.1, -0.05) is 30.3 Å². The predicted octanol–water partition coefficient (Wildman–Crippen LogP) is 2.38. The van der Waals surface area contributed by atoms with Gasteiger partial charge < -0.3 is 15.4 Å². The molecule has 0 bridgehead atoms. The van der Waals surface area contributed by atoms with Crippen LogP contribution in [0.4, 0.5) is 4.79 Å². The Morgan fingerprint density at radius 2 is 2.11 bits per heavy atom. The lowest BCUT2D eigenvalue weighted by Gasteiger charge is -2.20. The summed E-state index contributed by atoms with van der Waals surface area (Å²) in [7, 11) is 1.79. The number of amides is 1. The Hall–Kier alpha value is -1.55. The maximum atomic E-state index is 11.9. The van der Waals surface area contributed by atoms with Crippen LogP contribution >= 0.6 is 0 Å². The molecule has 1 aromatic carbocycles. The summed E-state index contributed by atoms with van der Waals surface area (Å²) in [6.07, 6.45) is 2.93. The molecule has 4 heteroatoms. The SMILES string of the molecule is CN(C[C@@H]1CC[C@@H](N)C1)C(=O)OCc1ccccc1. The van der Waals surface area contributed by atoms with E-state index in [0.717, 1.165) is 31.4 Å². The molecule has 2 N–H and O–H groups in total. The quantitative estimate of drug-likeness (QED) is 0.906. The number of hydrogen-bond donors (Lipinski definition) is 1. The van der Waals surface area contributed by atoms with Crippen molar-refractivity contribution in [3.05, 3.63) is 35.9 Å². The molecule has 1 amide bonds. The van der Waals surface area contributed by atoms with Crippen LogP contribution in [0.25, 0.3) is 0 Å². The lowest BCUT2D eigenvalue weighted by molar-refractivity contribution is 0.0996. The van der Waals surface area contributed by atoms with Crippen LogP contribution in [0.2, 0.25) is 0 Å². The van der Waals surface area contributed by atoms with Crippen molar-refractivity contribution < 1.29 is 9.53 Å². The molecule has 104 valence electrons. The second-order valence-electron chi connectivity index (χ2n) is 5.36. The lowest BCUT2D eigenvalue weighted by atomic mass is 10.1. The first-order valence-corrected chi connectivity index (χ1v) is 6.82. The fourth-order valence-electron chi connectivity index (χ4n) is 2.57. The molecule has 0 aromatic heterocycles. The standard InChI is InChI=1S/C15H22N2O2/c1-17(10-13-7-8-14(16)9-13)15(18)19-11-12-5-3-2-4-6-12/h2-6,13-14H,7-11,16H2,1H3/t13-,14-/m1/s1. The summed E-state index contributed by atoms with van der Waals surface area (Å²) in [6.45, 7) is 1.06. The van der Waals surface area contributed by atoms with E-state index in [1.165, 1.54) is 0 Å². The van der Waals surface area contributed by atoms with Gasteiger partial charge in [-0.25, -0.2) is 4.79 Å². The summed E-state index contributed by atoms with van der Waals surface area (Å²) in [5.41, 5.74) is 6.88. The average Bonchev–Trinajstić information content (AvgIpc) is 2.82. The van der Waals surface area contributed by atoms with Gasteiger partial charge in [0, 0.05) is 19.6 Å². The maximum absolute atomic E-state index is 11.9. The average molecular weight is 262 g/mol. The van der Waals surface area contributed by atoms with Gasteiger partial charge in [0.1, 0.15) is 6.61 Å². The van der Waals surface area contributed by atoms with Gasteiger partial charge in [0.05, 0.1) is 0 Å². The van der Waals surface area contributed by atoms with Crippen molar-refractivity contribution in [1.29, 1.82) is 0 Å². The number of rotatable bonds is 4. The molecule has 1 aliphatic rings. The third kappa shape index (κ3) is 4.24. The van der Waals surface area contributed by atoms with Crippen molar-refractivity contribution in [1.82, 2.24) is 4.90 Å². The molecule has 0 radical (unpaired) electrons. The topological polar surface area (TPSA) is 55.6 Å². The normalized spacial score (nSPS) is 22.2. The Bertz CT molecular complexity index is 408. The molecule has 0 aliphatic heterocycles. The number of hydrogen-bond acceptors (Lipinski definition) is 3. The van der Waals surface area contributed by atoms with Crippen molar-refractivity contribution in [2.75, 3.05) is 13.6 Å². The van der Waals surface area contributed by atoms with Crippen LogP contribution < -0.4 is 5.73 Å². The van der Waals surface area contributed by atoms with E-state index >= 15 is 0 Å². The van der Waals surface area contributed by atoms with E-state index in [0.29, 0.717) is 18.6 Å². The smallest absolute Gasteiger partial charge is 0.409 e. The number of carbonyl (C=O) groups is 1. The van der Waals surface area contributed by atoms with Crippen LogP contribution in [0.15, 0.2) is 30.3 Å². The van der Waals surface area contributed by atoms with Crippen LogP contribution in [-0.2, 0) is 11.3 Å². The summed E-state index contributed by atoms with van der Waals surface area (Å²) in [4.78, 5) is 13.5. The first-order chi connectivity index (χ1) is 9.15. The van der Waals surface area contributed by atoms with Crippen molar-refractivity contribution in [2.24, 2.45) is 11.7 Å². The Kier molecular flexibility index (Phi) is 4.80. The highest BCUT2D eigenvalue weighted by atomic mass is 16.6. The first-order valence-electron chi connectivity index (χ1n) is 6.82. The Balaban J connectivity index is 1.73. The lowest BCUT2D eigenvalue weighted by Crippen LogP contribution is -2.32. The number of ether oxygens (including phenoxy) is 1. The minimum Gasteiger partial charge on any atom is -0.445 e. The van der Waals surface area contributed by atoms with Crippen LogP contribution in [0.5, 0.6) is 0 Å². The summed E-state index contributed by atoms with van der Waals surface area (Å²) < 4.78 is 5.28. The first kappa shape index (κ1) is 13.9. The van der Waals surface area contributed by atoms with Gasteiger partial charge in [-0.3, -0.25) is 0 Å². The molecule has 19 heavy (non-hydrogen) atoms. The van der Waals surface area contributed by atoms with Crippen LogP contribution in [0, 0.1) is 5.92 Å². The Morgan fingerprint density at radius 3 is 2.74 bits per heavy atom. The van der Waals surface area contributed by atoms with Gasteiger partial charge in [-0.05, 0) is 30.7 Å². The second kappa shape index (κ2) is 6.57. The fraction of sp³-hybridized carbons (Fsp3) is 0.533. The van der Waals surface area contributed by atoms with E-state index in [1.54, 1.807) is 11.9 Å². The van der Waals surface area contributed by atoms with E-state index in [2.05, 4.69) is 0 Å². The highest BCUT2D eigenvalue weighted by Crippen LogP contribution is 2.24. The molecule has 1 aliphatic carbocycles. The van der Waals surface area contributed by atoms with Gasteiger partial charge >= 0.3 is 6.09 Å². The van der Waals surface area contributed by atoms with Crippen molar-refractivity contribution in [3.63, 3.8) is 0 Å². The molecule has 0 saturated heterocycles. The van der Waals surface area contributed by atoms with Gasteiger partial charge in [0.15, 0.2) is 0 Å². The number of carbonyl (C=O) groups excluding carboxylic acids is 1. The van der Waals surface area contributed by atoms with Crippen LogP contribution in [-0.4, -0.2) is 30.6 Å². The van der Waals surface area contributed by atoms with Crippen molar-refractivity contribution >= 4 is 6.09 Å². The summed E-state index contributed by atoms with van der Waals surface area (Å²) >= 11 is 0. The third-order valence-corrected chi connectivity index (χ3v) is 3.63. The highest BCUT2D eigenvalue weighted by Gasteiger charge is 2.24. The molecular formula is C15H22N2O2. The molecule has 0 heterocycles. The highest BCUT2D eigenvalue weighted by molar-refractivity contribution is 5.67. The minimum atomic E-state index is -0.260. The monoisotopic (exact) mass is 262 g/mol. The second-order valence-corrected chi connectivity index (χ2v) is 5.36. The van der Waals surface area contributed by atoms with Crippen molar-refractivity contribution in [3.8, 4) is 0 Å². The van der Waals surface area contributed by atoms with Gasteiger partial charge in [-0.2, -0.15) is 0 Å². The van der Waals surface area contributed by atoms with E-state index in [9.17, 15) is 4.79 Å². The molecule has 1 aromatic rings. The number of nitrogens with zero attached hydrogens (tertiary/aromatic N) is 1. The number of nitrogens with two attached hydrogens (primary N) is 1. The van der Waals surface area contributed by atoms with Gasteiger partial charge in [0.25, 0.3) is 0 Å². The van der Waals surface area contributed by atoms with Crippen molar-refractivity contribution in [2.45, 2.75) is 31.9 Å². The molecule has 0 spiro atoms. The molecular weight excluding hydrogens is 240 g/mol. The van der Waals surface area contributed by atoms with Gasteiger partial charge in [-0.15, -0.1) is 0 Å². The van der Waals surface area contributed by atoms with E-state index in [1.807, 2.05) is 30.3 Å². The van der Waals surface area contributed by atoms with E-state index in [-0.39, 0.29) is 6.09 Å². The Morgan fingerprint density at radius 1 is 1.37 bits per heavy atom. The molecule has 4 nitrogen and oxygen atoms in total. The minimum absolute atomic E-state index is 0.260. The fourth-order valence-corrected chi connectivity index (χ4v) is 2.57. The zero-order valence-corrected chi connectivity index (χ0v) is 11.4. The maximum Gasteiger partial charge on any atom is 0.409 e. The molecule has 2 rings (SSSR count). The predicted molar refractivity (Wildman–Crippen MR) is 74.6 cm³/mol. The number of benzene rings is 1. The summed E-state index contributed by atoms with van der Waals surface area (Å²) in [6, 6.07) is 10.0. The van der Waals surface area contributed by atoms with E-state index < -0.39 is 0 Å². The zero-order chi connectivity index (χ0) is 13.7. The molecule has 1 fully saturated rings. The molecule has 0 unspecified atom stereocenters. The van der Waals surface area contributed by atoms with E-state index in [4.69, 9.17) is 10.5 Å². The van der Waals surface area contributed by atoms with Crippen LogP contribution in [0.1, 0.15) is 24.8 Å². The zero-order valence-electron chi connectivity index (χ0n) is 11.4. The van der Waals surface area contributed by atoms with Crippen LogP contribution in [0.3, 0.4) is 0 Å². The summed E-state index contributed by atoms with van der Waals surface area (Å²) in [5, 5.41) is 0. The largest absolute Gasteiger partial charge is 0.445 e. The van der Waals surface area contributed by atoms with Gasteiger partial charge in [0.2, 0.25) is 0 Å². The summed E-state index contributed by atoms with van der Waals surface area (Å²) in [5.74, 6) is 0.518.